The molecule has 1 saturated carbocycles. The van der Waals surface area contributed by atoms with Gasteiger partial charge in [0.2, 0.25) is 5.91 Å². The van der Waals surface area contributed by atoms with Crippen LogP contribution in [0.1, 0.15) is 32.6 Å². The third-order valence-corrected chi connectivity index (χ3v) is 5.17. The summed E-state index contributed by atoms with van der Waals surface area (Å²) in [5.41, 5.74) is -0.00331. The van der Waals surface area contributed by atoms with E-state index < -0.39 is 29.0 Å². The molecule has 1 aromatic carbocycles. The van der Waals surface area contributed by atoms with Crippen LogP contribution in [0, 0.1) is 22.9 Å². The molecule has 2 aliphatic rings. The van der Waals surface area contributed by atoms with Crippen molar-refractivity contribution in [1.29, 1.82) is 0 Å². The van der Waals surface area contributed by atoms with Crippen molar-refractivity contribution in [3.63, 3.8) is 0 Å². The highest BCUT2D eigenvalue weighted by atomic mass is 127. The van der Waals surface area contributed by atoms with Crippen molar-refractivity contribution >= 4 is 41.5 Å². The van der Waals surface area contributed by atoms with E-state index in [1.165, 1.54) is 19.3 Å². The molecule has 3 rings (SSSR count). The number of rotatable bonds is 4. The SMILES string of the molecule is CCNC(=NCC(=O)Nc1ccc(F)c(F)c1F)N1CCC2(CCC2)C1.I. The van der Waals surface area contributed by atoms with Gasteiger partial charge in [-0.2, -0.15) is 0 Å². The van der Waals surface area contributed by atoms with Crippen LogP contribution in [-0.4, -0.2) is 42.9 Å². The van der Waals surface area contributed by atoms with Gasteiger partial charge in [0, 0.05) is 19.6 Å². The fourth-order valence-electron chi connectivity index (χ4n) is 3.59. The number of carbonyl (C=O) groups excluding carboxylic acids is 1. The zero-order chi connectivity index (χ0) is 18.7. The lowest BCUT2D eigenvalue weighted by Crippen LogP contribution is -2.43. The van der Waals surface area contributed by atoms with Crippen LogP contribution in [0.25, 0.3) is 0 Å². The zero-order valence-corrected chi connectivity index (χ0v) is 17.5. The van der Waals surface area contributed by atoms with Crippen LogP contribution in [0.15, 0.2) is 17.1 Å². The van der Waals surface area contributed by atoms with Crippen LogP contribution in [0.5, 0.6) is 0 Å². The lowest BCUT2D eigenvalue weighted by atomic mass is 9.68. The van der Waals surface area contributed by atoms with Gasteiger partial charge in [0.15, 0.2) is 23.4 Å². The lowest BCUT2D eigenvalue weighted by Gasteiger charge is -2.38. The van der Waals surface area contributed by atoms with Gasteiger partial charge in [0.1, 0.15) is 6.54 Å². The van der Waals surface area contributed by atoms with Gasteiger partial charge in [-0.1, -0.05) is 6.42 Å². The zero-order valence-electron chi connectivity index (χ0n) is 15.2. The Morgan fingerprint density at radius 1 is 1.22 bits per heavy atom. The molecular formula is C18H24F3IN4O. The molecule has 5 nitrogen and oxygen atoms in total. The number of anilines is 1. The number of nitrogens with one attached hydrogen (secondary N) is 2. The molecule has 0 atom stereocenters. The van der Waals surface area contributed by atoms with E-state index in [4.69, 9.17) is 0 Å². The number of amides is 1. The summed E-state index contributed by atoms with van der Waals surface area (Å²) in [5, 5.41) is 5.40. The minimum atomic E-state index is -1.61. The molecule has 1 spiro atoms. The Balaban J connectivity index is 0.00000261. The molecule has 1 aromatic rings. The molecule has 0 radical (unpaired) electrons. The summed E-state index contributed by atoms with van der Waals surface area (Å²) in [4.78, 5) is 18.5. The molecule has 1 aliphatic carbocycles. The third-order valence-electron chi connectivity index (χ3n) is 5.17. The first-order valence-electron chi connectivity index (χ1n) is 8.91. The largest absolute Gasteiger partial charge is 0.357 e. The van der Waals surface area contributed by atoms with Gasteiger partial charge >= 0.3 is 0 Å². The van der Waals surface area contributed by atoms with Crippen LogP contribution in [0.2, 0.25) is 0 Å². The summed E-state index contributed by atoms with van der Waals surface area (Å²) in [6.45, 7) is 4.21. The Kier molecular flexibility index (Phi) is 7.35. The van der Waals surface area contributed by atoms with E-state index >= 15 is 0 Å². The predicted octanol–water partition coefficient (Wildman–Crippen LogP) is 3.50. The van der Waals surface area contributed by atoms with Crippen molar-refractivity contribution in [3.05, 3.63) is 29.6 Å². The Labute approximate surface area is 173 Å². The molecular weight excluding hydrogens is 472 g/mol. The van der Waals surface area contributed by atoms with E-state index in [-0.39, 0.29) is 30.5 Å². The lowest BCUT2D eigenvalue weighted by molar-refractivity contribution is -0.114. The topological polar surface area (TPSA) is 56.7 Å². The van der Waals surface area contributed by atoms with Crippen LogP contribution < -0.4 is 10.6 Å². The average molecular weight is 496 g/mol. The summed E-state index contributed by atoms with van der Waals surface area (Å²) in [6.07, 6.45) is 4.87. The minimum Gasteiger partial charge on any atom is -0.357 e. The molecule has 27 heavy (non-hydrogen) atoms. The standard InChI is InChI=1S/C18H23F3N4O.HI/c1-2-22-17(25-9-8-18(11-25)6-3-7-18)23-10-14(26)24-13-5-4-12(19)15(20)16(13)21;/h4-5H,2-3,6-11H2,1H3,(H,22,23)(H,24,26);1H. The Hall–Kier alpha value is -1.52. The van der Waals surface area contributed by atoms with E-state index in [2.05, 4.69) is 20.5 Å². The normalized spacial score (nSPS) is 18.1. The van der Waals surface area contributed by atoms with Crippen LogP contribution in [0.4, 0.5) is 18.9 Å². The first kappa shape index (κ1) is 21.8. The van der Waals surface area contributed by atoms with Crippen molar-refractivity contribution in [3.8, 4) is 0 Å². The van der Waals surface area contributed by atoms with Crippen LogP contribution in [0.3, 0.4) is 0 Å². The van der Waals surface area contributed by atoms with E-state index in [1.54, 1.807) is 0 Å². The predicted molar refractivity (Wildman–Crippen MR) is 109 cm³/mol. The van der Waals surface area contributed by atoms with Crippen molar-refractivity contribution < 1.29 is 18.0 Å². The van der Waals surface area contributed by atoms with Crippen molar-refractivity contribution in [2.75, 3.05) is 31.5 Å². The van der Waals surface area contributed by atoms with Gasteiger partial charge in [-0.3, -0.25) is 4.79 Å². The average Bonchev–Trinajstić information content (AvgIpc) is 3.05. The number of likely N-dealkylation sites (tertiary alicyclic amines) is 1. The van der Waals surface area contributed by atoms with E-state index in [0.29, 0.717) is 17.9 Å². The summed E-state index contributed by atoms with van der Waals surface area (Å²) in [6, 6.07) is 1.76. The van der Waals surface area contributed by atoms with Gasteiger partial charge in [-0.25, -0.2) is 18.2 Å². The fraction of sp³-hybridized carbons (Fsp3) is 0.556. The highest BCUT2D eigenvalue weighted by Crippen LogP contribution is 2.47. The maximum atomic E-state index is 13.6. The first-order valence-corrected chi connectivity index (χ1v) is 8.91. The number of carbonyl (C=O) groups is 1. The van der Waals surface area contributed by atoms with Gasteiger partial charge in [0.25, 0.3) is 0 Å². The molecule has 9 heteroatoms. The first-order chi connectivity index (χ1) is 12.4. The number of aliphatic imine (C=N–C) groups is 1. The smallest absolute Gasteiger partial charge is 0.246 e. The maximum Gasteiger partial charge on any atom is 0.246 e. The number of hydrogen-bond donors (Lipinski definition) is 2. The molecule has 1 amide bonds. The number of nitrogens with zero attached hydrogens (tertiary/aromatic N) is 2. The molecule has 1 heterocycles. The Morgan fingerprint density at radius 2 is 1.96 bits per heavy atom. The molecule has 0 bridgehead atoms. The summed E-state index contributed by atoms with van der Waals surface area (Å²) >= 11 is 0. The number of benzene rings is 1. The summed E-state index contributed by atoms with van der Waals surface area (Å²) < 4.78 is 39.8. The second kappa shape index (κ2) is 9.11. The number of guanidine groups is 1. The second-order valence-electron chi connectivity index (χ2n) is 6.97. The molecule has 1 aliphatic heterocycles. The van der Waals surface area contributed by atoms with E-state index in [1.807, 2.05) is 6.92 Å². The molecule has 0 aromatic heterocycles. The molecule has 2 fully saturated rings. The third kappa shape index (κ3) is 4.85. The van der Waals surface area contributed by atoms with Crippen LogP contribution >= 0.6 is 24.0 Å². The highest BCUT2D eigenvalue weighted by Gasteiger charge is 2.43. The molecule has 1 saturated heterocycles. The molecule has 150 valence electrons. The highest BCUT2D eigenvalue weighted by molar-refractivity contribution is 14.0. The van der Waals surface area contributed by atoms with E-state index in [9.17, 15) is 18.0 Å². The summed E-state index contributed by atoms with van der Waals surface area (Å²) in [7, 11) is 0. The fourth-order valence-corrected chi connectivity index (χ4v) is 3.59. The van der Waals surface area contributed by atoms with Crippen molar-refractivity contribution in [1.82, 2.24) is 10.2 Å². The van der Waals surface area contributed by atoms with Gasteiger partial charge < -0.3 is 15.5 Å². The Bertz CT molecular complexity index is 725. The van der Waals surface area contributed by atoms with Gasteiger partial charge in [0.05, 0.1) is 5.69 Å². The van der Waals surface area contributed by atoms with Crippen LogP contribution in [-0.2, 0) is 4.79 Å². The summed E-state index contributed by atoms with van der Waals surface area (Å²) in [5.74, 6) is -4.27. The van der Waals surface area contributed by atoms with Gasteiger partial charge in [-0.05, 0) is 43.7 Å². The Morgan fingerprint density at radius 3 is 2.56 bits per heavy atom. The van der Waals surface area contributed by atoms with Crippen molar-refractivity contribution in [2.45, 2.75) is 32.6 Å². The van der Waals surface area contributed by atoms with Gasteiger partial charge in [-0.15, -0.1) is 24.0 Å². The maximum absolute atomic E-state index is 13.6. The quantitative estimate of drug-likeness (QED) is 0.291. The second-order valence-corrected chi connectivity index (χ2v) is 6.97. The number of halogens is 4. The van der Waals surface area contributed by atoms with Crippen molar-refractivity contribution in [2.24, 2.45) is 10.4 Å². The molecule has 0 unspecified atom stereocenters. The minimum absolute atomic E-state index is 0. The monoisotopic (exact) mass is 496 g/mol. The number of hydrogen-bond acceptors (Lipinski definition) is 2. The van der Waals surface area contributed by atoms with E-state index in [0.717, 1.165) is 31.6 Å². The molecule has 2 N–H and O–H groups in total.